The van der Waals surface area contributed by atoms with Crippen LogP contribution in [0.4, 0.5) is 9.59 Å². The van der Waals surface area contributed by atoms with Crippen molar-refractivity contribution in [3.05, 3.63) is 36.0 Å². The number of ether oxygens (including phenoxy) is 4. The third-order valence-electron chi connectivity index (χ3n) is 5.25. The van der Waals surface area contributed by atoms with Gasteiger partial charge in [-0.05, 0) is 80.4 Å². The second kappa shape index (κ2) is 13.2. The number of nitrogens with zero attached hydrogens (tertiary/aromatic N) is 2. The van der Waals surface area contributed by atoms with Gasteiger partial charge in [-0.2, -0.15) is 4.99 Å². The van der Waals surface area contributed by atoms with Crippen LogP contribution in [0.2, 0.25) is 0 Å². The second-order valence-electron chi connectivity index (χ2n) is 12.7. The number of carbonyl (C=O) groups excluding carboxylic acids is 4. The third kappa shape index (κ3) is 11.6. The summed E-state index contributed by atoms with van der Waals surface area (Å²) in [6, 6.07) is 6.35. The summed E-state index contributed by atoms with van der Waals surface area (Å²) in [5.41, 5.74) is -0.651. The average Bonchev–Trinajstić information content (AvgIpc) is 3.11. The fraction of sp³-hybridized carbons (Fsp3) is 0.567. The van der Waals surface area contributed by atoms with Gasteiger partial charge in [-0.1, -0.05) is 18.2 Å². The monoisotopic (exact) mass is 573 g/mol. The second-order valence-corrected chi connectivity index (χ2v) is 12.7. The van der Waals surface area contributed by atoms with E-state index in [-0.39, 0.29) is 6.42 Å². The Balaban J connectivity index is 2.30. The molecule has 11 heteroatoms. The van der Waals surface area contributed by atoms with Gasteiger partial charge in [0.1, 0.15) is 23.4 Å². The largest absolute Gasteiger partial charge is 0.462 e. The summed E-state index contributed by atoms with van der Waals surface area (Å²) < 4.78 is 23.3. The smallest absolute Gasteiger partial charge is 0.433 e. The summed E-state index contributed by atoms with van der Waals surface area (Å²) in [6.07, 6.45) is 1.50. The highest BCUT2D eigenvalue weighted by Crippen LogP contribution is 2.23. The number of aromatic nitrogens is 1. The molecule has 0 saturated carbocycles. The molecule has 2 amide bonds. The first-order valence-corrected chi connectivity index (χ1v) is 13.4. The molecule has 2 atom stereocenters. The lowest BCUT2D eigenvalue weighted by Gasteiger charge is -2.26. The lowest BCUT2D eigenvalue weighted by molar-refractivity contribution is -0.161. The van der Waals surface area contributed by atoms with E-state index in [0.717, 1.165) is 16.5 Å². The molecule has 0 aliphatic heterocycles. The van der Waals surface area contributed by atoms with Crippen LogP contribution in [0.5, 0.6) is 0 Å². The molecule has 226 valence electrons. The minimum Gasteiger partial charge on any atom is -0.462 e. The van der Waals surface area contributed by atoms with Crippen LogP contribution in [-0.4, -0.2) is 64.4 Å². The number of nitrogens with one attached hydrogen (secondary N) is 1. The van der Waals surface area contributed by atoms with Crippen molar-refractivity contribution < 1.29 is 38.1 Å². The number of aliphatic imine (C=N–C) groups is 1. The van der Waals surface area contributed by atoms with Crippen LogP contribution < -0.4 is 5.32 Å². The number of hydrogen-bond donors (Lipinski definition) is 1. The third-order valence-corrected chi connectivity index (χ3v) is 5.25. The van der Waals surface area contributed by atoms with Gasteiger partial charge in [0.05, 0.1) is 5.92 Å². The maximum Gasteiger partial charge on any atom is 0.433 e. The highest BCUT2D eigenvalue weighted by molar-refractivity contribution is 5.95. The Morgan fingerprint density at radius 1 is 0.878 bits per heavy atom. The minimum absolute atomic E-state index is 0.156. The Kier molecular flexibility index (Phi) is 10.7. The van der Waals surface area contributed by atoms with Gasteiger partial charge in [0.15, 0.2) is 6.04 Å². The first-order chi connectivity index (χ1) is 18.7. The molecule has 0 saturated heterocycles. The van der Waals surface area contributed by atoms with Crippen LogP contribution >= 0.6 is 0 Å². The predicted molar refractivity (Wildman–Crippen MR) is 155 cm³/mol. The maximum atomic E-state index is 13.3. The van der Waals surface area contributed by atoms with Crippen molar-refractivity contribution >= 4 is 41.2 Å². The van der Waals surface area contributed by atoms with Crippen molar-refractivity contribution in [1.29, 1.82) is 0 Å². The number of alkyl carbamates (subject to hydrolysis) is 1. The SMILES string of the molecule is Cn1cc(CC(/C=N/C(=O)OC(C)(C)C)C(=O)OC[C@H](NC(=O)OC(C)(C)C)C(=O)OC(C)(C)C)c2ccccc21. The maximum absolute atomic E-state index is 13.3. The van der Waals surface area contributed by atoms with Crippen molar-refractivity contribution in [3.8, 4) is 0 Å². The first kappa shape index (κ1) is 33.3. The Morgan fingerprint density at radius 2 is 1.46 bits per heavy atom. The minimum atomic E-state index is -1.34. The van der Waals surface area contributed by atoms with Gasteiger partial charge < -0.3 is 28.8 Å². The average molecular weight is 574 g/mol. The van der Waals surface area contributed by atoms with Gasteiger partial charge in [-0.3, -0.25) is 4.79 Å². The predicted octanol–water partition coefficient (Wildman–Crippen LogP) is 5.12. The molecule has 1 heterocycles. The lowest BCUT2D eigenvalue weighted by atomic mass is 10.00. The van der Waals surface area contributed by atoms with Crippen molar-refractivity contribution in [1.82, 2.24) is 9.88 Å². The summed E-state index contributed by atoms with van der Waals surface area (Å²) >= 11 is 0. The van der Waals surface area contributed by atoms with Crippen LogP contribution in [0.25, 0.3) is 10.9 Å². The normalized spacial score (nSPS) is 13.9. The van der Waals surface area contributed by atoms with E-state index in [1.807, 2.05) is 42.1 Å². The Bertz CT molecular complexity index is 1280. The summed E-state index contributed by atoms with van der Waals surface area (Å²) in [6.45, 7) is 14.6. The number of esters is 2. The molecule has 41 heavy (non-hydrogen) atoms. The number of para-hydroxylation sites is 1. The van der Waals surface area contributed by atoms with Crippen molar-refractivity contribution in [3.63, 3.8) is 0 Å². The van der Waals surface area contributed by atoms with E-state index in [9.17, 15) is 19.2 Å². The zero-order valence-electron chi connectivity index (χ0n) is 25.7. The van der Waals surface area contributed by atoms with E-state index < -0.39 is 59.5 Å². The van der Waals surface area contributed by atoms with Gasteiger partial charge in [0.25, 0.3) is 0 Å². The molecule has 0 radical (unpaired) electrons. The fourth-order valence-electron chi connectivity index (χ4n) is 3.73. The Morgan fingerprint density at radius 3 is 2.05 bits per heavy atom. The van der Waals surface area contributed by atoms with Gasteiger partial charge in [-0.25, -0.2) is 14.4 Å². The molecule has 0 aliphatic rings. The summed E-state index contributed by atoms with van der Waals surface area (Å²) in [5, 5.41) is 3.35. The standard InChI is InChI=1S/C30H43N3O8/c1-28(2,3)39-25(35)22(32-27(37)41-30(7,8)9)18-38-24(34)19(16-31-26(36)40-29(4,5)6)15-20-17-33(10)23-14-12-11-13-21(20)23/h11-14,16-17,19,22H,15,18H2,1-10H3,(H,32,37)/b31-16+/t19?,22-/m0/s1. The van der Waals surface area contributed by atoms with Crippen LogP contribution in [0.15, 0.2) is 35.5 Å². The van der Waals surface area contributed by atoms with Gasteiger partial charge in [0, 0.05) is 30.4 Å². The number of fused-ring (bicyclic) bond motifs is 1. The number of hydrogen-bond acceptors (Lipinski definition) is 8. The quantitative estimate of drug-likeness (QED) is 0.261. The molecule has 11 nitrogen and oxygen atoms in total. The molecule has 0 bridgehead atoms. The van der Waals surface area contributed by atoms with Gasteiger partial charge in [0.2, 0.25) is 0 Å². The Labute approximate surface area is 241 Å². The molecule has 1 N–H and O–H groups in total. The van der Waals surface area contributed by atoms with Crippen LogP contribution in [0, 0.1) is 5.92 Å². The van der Waals surface area contributed by atoms with Crippen molar-refractivity contribution in [2.45, 2.75) is 91.6 Å². The van der Waals surface area contributed by atoms with E-state index in [4.69, 9.17) is 18.9 Å². The summed E-state index contributed by atoms with van der Waals surface area (Å²) in [5.74, 6) is -2.57. The molecule has 0 aliphatic carbocycles. The van der Waals surface area contributed by atoms with Crippen molar-refractivity contribution in [2.24, 2.45) is 18.0 Å². The topological polar surface area (TPSA) is 135 Å². The number of benzene rings is 1. The first-order valence-electron chi connectivity index (χ1n) is 13.4. The number of amides is 2. The molecule has 0 spiro atoms. The molecule has 1 aromatic carbocycles. The van der Waals surface area contributed by atoms with E-state index in [1.165, 1.54) is 6.21 Å². The van der Waals surface area contributed by atoms with Crippen molar-refractivity contribution in [2.75, 3.05) is 6.61 Å². The zero-order valence-corrected chi connectivity index (χ0v) is 25.7. The fourth-order valence-corrected chi connectivity index (χ4v) is 3.73. The molecule has 2 aromatic rings. The van der Waals surface area contributed by atoms with Gasteiger partial charge >= 0.3 is 24.1 Å². The molecule has 0 fully saturated rings. The Hall–Kier alpha value is -3.89. The lowest BCUT2D eigenvalue weighted by Crippen LogP contribution is -2.49. The zero-order chi connectivity index (χ0) is 31.2. The van der Waals surface area contributed by atoms with Gasteiger partial charge in [-0.15, -0.1) is 0 Å². The summed E-state index contributed by atoms with van der Waals surface area (Å²) in [7, 11) is 1.89. The van der Waals surface area contributed by atoms with E-state index in [2.05, 4.69) is 10.3 Å². The van der Waals surface area contributed by atoms with Crippen LogP contribution in [-0.2, 0) is 42.0 Å². The van der Waals surface area contributed by atoms with Crippen LogP contribution in [0.1, 0.15) is 67.9 Å². The molecule has 1 aromatic heterocycles. The molecular formula is C30H43N3O8. The number of aryl methyl sites for hydroxylation is 1. The number of rotatable bonds is 8. The molecule has 2 rings (SSSR count). The summed E-state index contributed by atoms with van der Waals surface area (Å²) in [4.78, 5) is 54.7. The highest BCUT2D eigenvalue weighted by atomic mass is 16.6. The van der Waals surface area contributed by atoms with Crippen LogP contribution in [0.3, 0.4) is 0 Å². The molecule has 1 unspecified atom stereocenters. The molecular weight excluding hydrogens is 530 g/mol. The van der Waals surface area contributed by atoms with E-state index in [1.54, 1.807) is 62.3 Å². The van der Waals surface area contributed by atoms with E-state index in [0.29, 0.717) is 0 Å². The highest BCUT2D eigenvalue weighted by Gasteiger charge is 2.31. The number of carbonyl (C=O) groups is 4. The van der Waals surface area contributed by atoms with E-state index >= 15 is 0 Å².